The molecular formula is C15H12BrN3O. The fourth-order valence-corrected chi connectivity index (χ4v) is 5.44. The van der Waals surface area contributed by atoms with E-state index in [0.717, 1.165) is 41.2 Å². The van der Waals surface area contributed by atoms with Crippen molar-refractivity contribution >= 4 is 38.3 Å². The molecular weight excluding hydrogens is 318 g/mol. The number of Topliss-reactive ketones (excluding diaryl/α,β-unsaturated/α-hetero) is 1. The largest absolute Gasteiger partial charge is 0.293 e. The Morgan fingerprint density at radius 3 is 3.20 bits per heavy atom. The number of fused-ring (bicyclic) bond motifs is 5. The van der Waals surface area contributed by atoms with Crippen molar-refractivity contribution in [1.29, 1.82) is 0 Å². The third kappa shape index (κ3) is 1.12. The molecule has 0 aliphatic heterocycles. The van der Waals surface area contributed by atoms with E-state index >= 15 is 0 Å². The van der Waals surface area contributed by atoms with Crippen LogP contribution in [0.4, 0.5) is 0 Å². The molecule has 1 aromatic heterocycles. The van der Waals surface area contributed by atoms with Crippen molar-refractivity contribution in [2.24, 2.45) is 11.3 Å². The number of nitrogens with zero attached hydrogens (tertiary/aromatic N) is 2. The van der Waals surface area contributed by atoms with Gasteiger partial charge in [-0.25, -0.2) is 0 Å². The van der Waals surface area contributed by atoms with Crippen LogP contribution >= 0.6 is 15.9 Å². The predicted molar refractivity (Wildman–Crippen MR) is 78.2 cm³/mol. The molecule has 2 aromatic rings. The van der Waals surface area contributed by atoms with Gasteiger partial charge in [-0.05, 0) is 64.4 Å². The summed E-state index contributed by atoms with van der Waals surface area (Å²) in [6, 6.07) is 4.14. The topological polar surface area (TPSA) is 58.6 Å². The van der Waals surface area contributed by atoms with Crippen LogP contribution in [-0.2, 0) is 11.2 Å². The zero-order valence-electron chi connectivity index (χ0n) is 10.7. The molecule has 2 unspecified atom stereocenters. The lowest BCUT2D eigenvalue weighted by Gasteiger charge is -2.30. The number of halogens is 1. The second kappa shape index (κ2) is 3.39. The highest BCUT2D eigenvalue weighted by molar-refractivity contribution is 9.12. The number of benzene rings is 1. The highest BCUT2D eigenvalue weighted by Gasteiger charge is 2.54. The smallest absolute Gasteiger partial charge is 0.173 e. The van der Waals surface area contributed by atoms with E-state index in [0.29, 0.717) is 5.78 Å². The minimum atomic E-state index is 0.160. The van der Waals surface area contributed by atoms with Crippen LogP contribution in [0.2, 0.25) is 0 Å². The Bertz CT molecular complexity index is 822. The number of carbonyl (C=O) groups is 1. The molecule has 1 heterocycles. The van der Waals surface area contributed by atoms with Crippen molar-refractivity contribution in [3.05, 3.63) is 27.7 Å². The Balaban J connectivity index is 1.88. The summed E-state index contributed by atoms with van der Waals surface area (Å²) in [4.78, 5) is 12.4. The van der Waals surface area contributed by atoms with Crippen LogP contribution in [0.5, 0.6) is 0 Å². The van der Waals surface area contributed by atoms with Crippen molar-refractivity contribution in [2.45, 2.75) is 25.7 Å². The number of aromatic amines is 1. The summed E-state index contributed by atoms with van der Waals surface area (Å²) in [6.07, 6.45) is 4.14. The maximum absolute atomic E-state index is 12.4. The number of carbonyl (C=O) groups excluding carboxylic acids is 1. The number of H-pyrrole nitrogens is 1. The van der Waals surface area contributed by atoms with Gasteiger partial charge in [-0.2, -0.15) is 0 Å². The first-order chi connectivity index (χ1) is 9.70. The number of allylic oxidation sites excluding steroid dienone is 2. The minimum Gasteiger partial charge on any atom is -0.293 e. The zero-order chi connectivity index (χ0) is 13.5. The van der Waals surface area contributed by atoms with E-state index in [9.17, 15) is 4.79 Å². The lowest BCUT2D eigenvalue weighted by atomic mass is 9.74. The molecule has 0 amide bonds. The summed E-state index contributed by atoms with van der Waals surface area (Å²) in [7, 11) is 0. The normalized spacial score (nSPS) is 31.1. The summed E-state index contributed by atoms with van der Waals surface area (Å²) in [5, 5.41) is 11.1. The molecule has 20 heavy (non-hydrogen) atoms. The van der Waals surface area contributed by atoms with Gasteiger partial charge in [0.1, 0.15) is 5.52 Å². The number of aromatic nitrogens is 3. The summed E-state index contributed by atoms with van der Waals surface area (Å²) in [6.45, 7) is 0. The van der Waals surface area contributed by atoms with Crippen molar-refractivity contribution in [1.82, 2.24) is 15.4 Å². The average molecular weight is 330 g/mol. The third-order valence-electron chi connectivity index (χ3n) is 5.33. The maximum atomic E-state index is 12.4. The Kier molecular flexibility index (Phi) is 1.90. The SMILES string of the molecule is O=C1C(Br)=C2c3ccc4[nH]nnc4c3CC23CCC1C3. The van der Waals surface area contributed by atoms with Gasteiger partial charge in [0.2, 0.25) is 0 Å². The summed E-state index contributed by atoms with van der Waals surface area (Å²) in [5.74, 6) is 0.511. The van der Waals surface area contributed by atoms with Gasteiger partial charge in [0.15, 0.2) is 5.78 Å². The highest BCUT2D eigenvalue weighted by atomic mass is 79.9. The molecule has 5 rings (SSSR count). The molecule has 0 saturated heterocycles. The van der Waals surface area contributed by atoms with Gasteiger partial charge in [-0.15, -0.1) is 5.10 Å². The molecule has 1 fully saturated rings. The first-order valence-electron chi connectivity index (χ1n) is 6.97. The molecule has 2 bridgehead atoms. The number of ketones is 1. The van der Waals surface area contributed by atoms with E-state index in [1.54, 1.807) is 0 Å². The molecule has 5 heteroatoms. The predicted octanol–water partition coefficient (Wildman–Crippen LogP) is 2.99. The van der Waals surface area contributed by atoms with Crippen LogP contribution in [0, 0.1) is 11.3 Å². The summed E-state index contributed by atoms with van der Waals surface area (Å²) in [5.41, 5.74) is 5.81. The van der Waals surface area contributed by atoms with E-state index in [-0.39, 0.29) is 11.3 Å². The molecule has 0 radical (unpaired) electrons. The minimum absolute atomic E-state index is 0.160. The van der Waals surface area contributed by atoms with E-state index in [1.165, 1.54) is 16.7 Å². The van der Waals surface area contributed by atoms with Crippen LogP contribution in [-0.4, -0.2) is 21.2 Å². The molecule has 4 nitrogen and oxygen atoms in total. The van der Waals surface area contributed by atoms with Crippen LogP contribution < -0.4 is 0 Å². The van der Waals surface area contributed by atoms with Crippen LogP contribution in [0.25, 0.3) is 16.6 Å². The van der Waals surface area contributed by atoms with Crippen molar-refractivity contribution in [3.8, 4) is 0 Å². The van der Waals surface area contributed by atoms with Gasteiger partial charge in [0.25, 0.3) is 0 Å². The number of hydrogen-bond acceptors (Lipinski definition) is 3. The highest BCUT2D eigenvalue weighted by Crippen LogP contribution is 2.63. The quantitative estimate of drug-likeness (QED) is 0.808. The van der Waals surface area contributed by atoms with Crippen molar-refractivity contribution < 1.29 is 4.79 Å². The van der Waals surface area contributed by atoms with Gasteiger partial charge >= 0.3 is 0 Å². The van der Waals surface area contributed by atoms with E-state index < -0.39 is 0 Å². The first-order valence-corrected chi connectivity index (χ1v) is 7.76. The molecule has 3 aliphatic rings. The molecule has 3 aliphatic carbocycles. The molecule has 1 N–H and O–H groups in total. The van der Waals surface area contributed by atoms with Gasteiger partial charge < -0.3 is 0 Å². The van der Waals surface area contributed by atoms with E-state index in [1.807, 2.05) is 6.07 Å². The Morgan fingerprint density at radius 1 is 1.40 bits per heavy atom. The number of rotatable bonds is 0. The second-order valence-corrected chi connectivity index (χ2v) is 7.04. The van der Waals surface area contributed by atoms with Gasteiger partial charge in [0, 0.05) is 11.3 Å². The maximum Gasteiger partial charge on any atom is 0.173 e. The first kappa shape index (κ1) is 11.2. The standard InChI is InChI=1S/C15H12BrN3O/c16-12-11-8-1-2-10-13(18-19-17-10)9(8)6-15(11)4-3-7(5-15)14(12)20/h1-2,7H,3-6H2,(H,17,18,19). The van der Waals surface area contributed by atoms with Crippen molar-refractivity contribution in [2.75, 3.05) is 0 Å². The van der Waals surface area contributed by atoms with Gasteiger partial charge in [-0.3, -0.25) is 9.89 Å². The zero-order valence-corrected chi connectivity index (χ0v) is 12.3. The Hall–Kier alpha value is -1.49. The van der Waals surface area contributed by atoms with Gasteiger partial charge in [-0.1, -0.05) is 11.3 Å². The Morgan fingerprint density at radius 2 is 2.30 bits per heavy atom. The van der Waals surface area contributed by atoms with Crippen LogP contribution in [0.1, 0.15) is 30.4 Å². The fraction of sp³-hybridized carbons (Fsp3) is 0.400. The summed E-state index contributed by atoms with van der Waals surface area (Å²) < 4.78 is 0.813. The fourth-order valence-electron chi connectivity index (χ4n) is 4.49. The molecule has 1 spiro atoms. The second-order valence-electron chi connectivity index (χ2n) is 6.25. The van der Waals surface area contributed by atoms with E-state index in [2.05, 4.69) is 37.4 Å². The Labute approximate surface area is 123 Å². The third-order valence-corrected chi connectivity index (χ3v) is 6.12. The van der Waals surface area contributed by atoms with Crippen LogP contribution in [0.15, 0.2) is 16.6 Å². The van der Waals surface area contributed by atoms with E-state index in [4.69, 9.17) is 0 Å². The molecule has 100 valence electrons. The average Bonchev–Trinajstić information content (AvgIpc) is 3.11. The lowest BCUT2D eigenvalue weighted by molar-refractivity contribution is -0.118. The number of nitrogens with one attached hydrogen (secondary N) is 1. The molecule has 2 atom stereocenters. The molecule has 1 aromatic carbocycles. The van der Waals surface area contributed by atoms with Crippen molar-refractivity contribution in [3.63, 3.8) is 0 Å². The number of hydrogen-bond donors (Lipinski definition) is 1. The monoisotopic (exact) mass is 329 g/mol. The summed E-state index contributed by atoms with van der Waals surface area (Å²) >= 11 is 3.59. The van der Waals surface area contributed by atoms with Crippen LogP contribution in [0.3, 0.4) is 0 Å². The van der Waals surface area contributed by atoms with Gasteiger partial charge in [0.05, 0.1) is 10.00 Å². The molecule has 1 saturated carbocycles. The lowest BCUT2D eigenvalue weighted by Crippen LogP contribution is -2.25.